The van der Waals surface area contributed by atoms with Crippen molar-refractivity contribution in [3.8, 4) is 0 Å². The van der Waals surface area contributed by atoms with Crippen LogP contribution in [0.25, 0.3) is 0 Å². The van der Waals surface area contributed by atoms with Gasteiger partial charge in [0.2, 0.25) is 5.91 Å². The van der Waals surface area contributed by atoms with Gasteiger partial charge in [-0.1, -0.05) is 34.6 Å². The number of amides is 1. The molecule has 0 radical (unpaired) electrons. The molecule has 0 fully saturated rings. The van der Waals surface area contributed by atoms with E-state index in [0.29, 0.717) is 12.3 Å². The minimum Gasteiger partial charge on any atom is -0.481 e. The van der Waals surface area contributed by atoms with Gasteiger partial charge in [0.05, 0.1) is 0 Å². The first kappa shape index (κ1) is 19.9. The minimum absolute atomic E-state index is 0.0529. The number of carboxylic acid groups (broad SMARTS) is 1. The van der Waals surface area contributed by atoms with Crippen LogP contribution in [0.4, 0.5) is 0 Å². The Morgan fingerprint density at radius 2 is 1.57 bits per heavy atom. The van der Waals surface area contributed by atoms with Crippen molar-refractivity contribution >= 4 is 11.9 Å². The summed E-state index contributed by atoms with van der Waals surface area (Å²) in [4.78, 5) is 27.3. The predicted molar refractivity (Wildman–Crippen MR) is 85.2 cm³/mol. The molecule has 21 heavy (non-hydrogen) atoms. The summed E-state index contributed by atoms with van der Waals surface area (Å²) in [5.74, 6) is -0.461. The molecule has 1 N–H and O–H groups in total. The molecule has 0 spiro atoms. The lowest BCUT2D eigenvalue weighted by atomic mass is 10.0. The maximum absolute atomic E-state index is 12.4. The van der Waals surface area contributed by atoms with Crippen molar-refractivity contribution in [3.05, 3.63) is 0 Å². The summed E-state index contributed by atoms with van der Waals surface area (Å²) in [6.07, 6.45) is 0.370. The number of carboxylic acids is 1. The summed E-state index contributed by atoms with van der Waals surface area (Å²) >= 11 is 0. The first-order valence-corrected chi connectivity index (χ1v) is 8.01. The smallest absolute Gasteiger partial charge is 0.303 e. The average molecular weight is 300 g/mol. The van der Waals surface area contributed by atoms with Gasteiger partial charge in [-0.25, -0.2) is 0 Å². The summed E-state index contributed by atoms with van der Waals surface area (Å²) in [6.45, 7) is 14.5. The number of carbonyl (C=O) groups is 2. The van der Waals surface area contributed by atoms with Crippen molar-refractivity contribution in [1.82, 2.24) is 9.80 Å². The highest BCUT2D eigenvalue weighted by molar-refractivity contribution is 5.77. The Morgan fingerprint density at radius 3 is 2.00 bits per heavy atom. The first-order chi connectivity index (χ1) is 9.79. The third-order valence-electron chi connectivity index (χ3n) is 3.56. The standard InChI is InChI=1S/C16H32N2O3/c1-6-17(7-2)8-9-18(12-13(3)4)15(19)10-14(5)11-16(20)21/h13-14H,6-12H2,1-5H3,(H,20,21). The molecular formula is C16H32N2O3. The van der Waals surface area contributed by atoms with Crippen molar-refractivity contribution in [1.29, 1.82) is 0 Å². The normalized spacial score (nSPS) is 12.7. The lowest BCUT2D eigenvalue weighted by Gasteiger charge is -2.28. The summed E-state index contributed by atoms with van der Waals surface area (Å²) in [5.41, 5.74) is 0. The van der Waals surface area contributed by atoms with Gasteiger partial charge < -0.3 is 14.9 Å². The predicted octanol–water partition coefficient (Wildman–Crippen LogP) is 2.31. The van der Waals surface area contributed by atoms with Crippen LogP contribution in [-0.4, -0.2) is 59.5 Å². The molecule has 0 rings (SSSR count). The molecule has 5 nitrogen and oxygen atoms in total. The molecule has 0 aromatic carbocycles. The molecule has 0 bridgehead atoms. The van der Waals surface area contributed by atoms with Gasteiger partial charge in [-0.2, -0.15) is 0 Å². The van der Waals surface area contributed by atoms with Crippen molar-refractivity contribution in [3.63, 3.8) is 0 Å². The highest BCUT2D eigenvalue weighted by Crippen LogP contribution is 2.11. The Balaban J connectivity index is 4.51. The van der Waals surface area contributed by atoms with Gasteiger partial charge in [0.25, 0.3) is 0 Å². The zero-order valence-electron chi connectivity index (χ0n) is 14.3. The number of nitrogens with zero attached hydrogens (tertiary/aromatic N) is 2. The number of rotatable bonds is 11. The molecule has 0 saturated heterocycles. The molecule has 1 atom stereocenters. The first-order valence-electron chi connectivity index (χ1n) is 8.01. The van der Waals surface area contributed by atoms with Gasteiger partial charge in [-0.05, 0) is 24.9 Å². The molecule has 0 aromatic rings. The minimum atomic E-state index is -0.839. The highest BCUT2D eigenvalue weighted by atomic mass is 16.4. The SMILES string of the molecule is CCN(CC)CCN(CC(C)C)C(=O)CC(C)CC(=O)O. The molecule has 0 aliphatic heterocycles. The molecule has 1 amide bonds. The van der Waals surface area contributed by atoms with E-state index in [2.05, 4.69) is 32.6 Å². The number of hydrogen-bond donors (Lipinski definition) is 1. The summed E-state index contributed by atoms with van der Waals surface area (Å²) in [6, 6.07) is 0. The van der Waals surface area contributed by atoms with E-state index in [4.69, 9.17) is 5.11 Å². The molecule has 0 heterocycles. The lowest BCUT2D eigenvalue weighted by Crippen LogP contribution is -2.41. The van der Waals surface area contributed by atoms with Crippen LogP contribution in [0, 0.1) is 11.8 Å². The second kappa shape index (κ2) is 10.6. The van der Waals surface area contributed by atoms with E-state index in [-0.39, 0.29) is 18.2 Å². The Labute approximate surface area is 129 Å². The third-order valence-corrected chi connectivity index (χ3v) is 3.56. The van der Waals surface area contributed by atoms with Crippen molar-refractivity contribution < 1.29 is 14.7 Å². The average Bonchev–Trinajstić information content (AvgIpc) is 2.36. The van der Waals surface area contributed by atoms with Crippen LogP contribution >= 0.6 is 0 Å². The van der Waals surface area contributed by atoms with Crippen LogP contribution in [0.1, 0.15) is 47.5 Å². The van der Waals surface area contributed by atoms with Gasteiger partial charge in [0.15, 0.2) is 0 Å². The van der Waals surface area contributed by atoms with Crippen molar-refractivity contribution in [2.45, 2.75) is 47.5 Å². The molecule has 0 aliphatic carbocycles. The number of aliphatic carboxylic acids is 1. The van der Waals surface area contributed by atoms with Crippen LogP contribution < -0.4 is 0 Å². The molecule has 0 aromatic heterocycles. The second-order valence-corrected chi connectivity index (χ2v) is 6.17. The Kier molecular flexibility index (Phi) is 10.0. The highest BCUT2D eigenvalue weighted by Gasteiger charge is 2.19. The van der Waals surface area contributed by atoms with Gasteiger partial charge in [0.1, 0.15) is 0 Å². The van der Waals surface area contributed by atoms with Gasteiger partial charge in [-0.3, -0.25) is 9.59 Å². The molecule has 1 unspecified atom stereocenters. The fourth-order valence-corrected chi connectivity index (χ4v) is 2.36. The van der Waals surface area contributed by atoms with E-state index >= 15 is 0 Å². The van der Waals surface area contributed by atoms with Crippen LogP contribution in [0.2, 0.25) is 0 Å². The van der Waals surface area contributed by atoms with Crippen LogP contribution in [0.3, 0.4) is 0 Å². The fraction of sp³-hybridized carbons (Fsp3) is 0.875. The van der Waals surface area contributed by atoms with Gasteiger partial charge in [0, 0.05) is 32.5 Å². The number of hydrogen-bond acceptors (Lipinski definition) is 3. The topological polar surface area (TPSA) is 60.9 Å². The summed E-state index contributed by atoms with van der Waals surface area (Å²) in [5, 5.41) is 8.79. The maximum Gasteiger partial charge on any atom is 0.303 e. The molecule has 124 valence electrons. The molecule has 0 saturated carbocycles. The van der Waals surface area contributed by atoms with Crippen LogP contribution in [0.5, 0.6) is 0 Å². The number of carbonyl (C=O) groups excluding carboxylic acids is 1. The third kappa shape index (κ3) is 9.45. The molecule has 5 heteroatoms. The largest absolute Gasteiger partial charge is 0.481 e. The van der Waals surface area contributed by atoms with Gasteiger partial charge in [-0.15, -0.1) is 0 Å². The quantitative estimate of drug-likeness (QED) is 0.636. The van der Waals surface area contributed by atoms with E-state index in [0.717, 1.165) is 32.7 Å². The van der Waals surface area contributed by atoms with E-state index in [1.807, 2.05) is 11.8 Å². The van der Waals surface area contributed by atoms with Crippen molar-refractivity contribution in [2.24, 2.45) is 11.8 Å². The van der Waals surface area contributed by atoms with E-state index in [1.165, 1.54) is 0 Å². The van der Waals surface area contributed by atoms with E-state index < -0.39 is 5.97 Å². The Hall–Kier alpha value is -1.10. The second-order valence-electron chi connectivity index (χ2n) is 6.17. The molecular weight excluding hydrogens is 268 g/mol. The molecule has 0 aliphatic rings. The maximum atomic E-state index is 12.4. The lowest BCUT2D eigenvalue weighted by molar-refractivity contribution is -0.138. The van der Waals surface area contributed by atoms with Gasteiger partial charge >= 0.3 is 5.97 Å². The monoisotopic (exact) mass is 300 g/mol. The Bertz CT molecular complexity index is 315. The van der Waals surface area contributed by atoms with Crippen molar-refractivity contribution in [2.75, 3.05) is 32.7 Å². The Morgan fingerprint density at radius 1 is 1.00 bits per heavy atom. The zero-order chi connectivity index (χ0) is 16.4. The van der Waals surface area contributed by atoms with Crippen LogP contribution in [-0.2, 0) is 9.59 Å². The fourth-order valence-electron chi connectivity index (χ4n) is 2.36. The zero-order valence-corrected chi connectivity index (χ0v) is 14.3. The summed E-state index contributed by atoms with van der Waals surface area (Å²) < 4.78 is 0. The van der Waals surface area contributed by atoms with E-state index in [1.54, 1.807) is 0 Å². The van der Waals surface area contributed by atoms with Crippen LogP contribution in [0.15, 0.2) is 0 Å². The number of likely N-dealkylation sites (N-methyl/N-ethyl adjacent to an activating group) is 1. The van der Waals surface area contributed by atoms with E-state index in [9.17, 15) is 9.59 Å². The summed E-state index contributed by atoms with van der Waals surface area (Å²) in [7, 11) is 0.